The van der Waals surface area contributed by atoms with Crippen molar-refractivity contribution in [1.82, 2.24) is 4.90 Å². The van der Waals surface area contributed by atoms with Crippen molar-refractivity contribution in [2.24, 2.45) is 0 Å². The lowest BCUT2D eigenvalue weighted by Gasteiger charge is -2.26. The maximum Gasteiger partial charge on any atom is 0.263 e. The normalized spacial score (nSPS) is 16.2. The third-order valence-electron chi connectivity index (χ3n) is 4.77. The second-order valence-electron chi connectivity index (χ2n) is 7.22. The molecule has 0 fully saturated rings. The van der Waals surface area contributed by atoms with E-state index in [2.05, 4.69) is 5.32 Å². The molecular weight excluding hydrogens is 356 g/mol. The van der Waals surface area contributed by atoms with Gasteiger partial charge in [0.15, 0.2) is 6.10 Å². The summed E-state index contributed by atoms with van der Waals surface area (Å²) in [4.78, 5) is 26.7. The Bertz CT molecular complexity index is 861. The molecule has 0 bridgehead atoms. The molecule has 1 atom stereocenters. The second kappa shape index (κ2) is 8.33. The zero-order valence-corrected chi connectivity index (χ0v) is 16.7. The molecule has 0 saturated carbocycles. The number of nitrogens with one attached hydrogen (secondary N) is 1. The first-order valence-electron chi connectivity index (χ1n) is 9.40. The molecule has 6 nitrogen and oxygen atoms in total. The highest BCUT2D eigenvalue weighted by Crippen LogP contribution is 2.29. The molecule has 0 unspecified atom stereocenters. The van der Waals surface area contributed by atoms with Crippen molar-refractivity contribution in [1.29, 1.82) is 0 Å². The van der Waals surface area contributed by atoms with Crippen LogP contribution >= 0.6 is 0 Å². The van der Waals surface area contributed by atoms with Crippen molar-refractivity contribution >= 4 is 17.5 Å². The molecule has 3 rings (SSSR count). The Kier molecular flexibility index (Phi) is 5.87. The van der Waals surface area contributed by atoms with Gasteiger partial charge < -0.3 is 19.7 Å². The lowest BCUT2D eigenvalue weighted by atomic mass is 10.1. The van der Waals surface area contributed by atoms with Crippen LogP contribution in [0.3, 0.4) is 0 Å². The molecule has 148 valence electrons. The molecule has 0 aliphatic carbocycles. The van der Waals surface area contributed by atoms with E-state index in [1.807, 2.05) is 50.2 Å². The molecular formula is C22H26N2O4. The zero-order valence-electron chi connectivity index (χ0n) is 16.7. The van der Waals surface area contributed by atoms with Gasteiger partial charge in [0.1, 0.15) is 11.5 Å². The summed E-state index contributed by atoms with van der Waals surface area (Å²) in [5.74, 6) is 1.30. The average Bonchev–Trinajstić information content (AvgIpc) is 2.79. The molecule has 28 heavy (non-hydrogen) atoms. The van der Waals surface area contributed by atoms with Crippen molar-refractivity contribution in [3.05, 3.63) is 53.6 Å². The first-order valence-corrected chi connectivity index (χ1v) is 9.40. The van der Waals surface area contributed by atoms with E-state index in [0.29, 0.717) is 18.0 Å². The van der Waals surface area contributed by atoms with Crippen molar-refractivity contribution in [2.75, 3.05) is 12.4 Å². The largest absolute Gasteiger partial charge is 0.497 e. The third kappa shape index (κ3) is 4.44. The number of ether oxygens (including phenoxy) is 2. The monoisotopic (exact) mass is 382 g/mol. The van der Waals surface area contributed by atoms with Crippen LogP contribution in [0.4, 0.5) is 5.69 Å². The lowest BCUT2D eigenvalue weighted by molar-refractivity contribution is -0.139. The lowest BCUT2D eigenvalue weighted by Crippen LogP contribution is -2.41. The molecule has 1 N–H and O–H groups in total. The summed E-state index contributed by atoms with van der Waals surface area (Å²) in [5, 5.41) is 2.93. The van der Waals surface area contributed by atoms with Gasteiger partial charge in [0, 0.05) is 23.8 Å². The maximum atomic E-state index is 12.5. The van der Waals surface area contributed by atoms with Gasteiger partial charge >= 0.3 is 0 Å². The summed E-state index contributed by atoms with van der Waals surface area (Å²) in [7, 11) is 1.61. The number of hydrogen-bond acceptors (Lipinski definition) is 4. The number of hydrogen-bond donors (Lipinski definition) is 1. The number of nitrogens with zero attached hydrogens (tertiary/aromatic N) is 1. The topological polar surface area (TPSA) is 67.9 Å². The number of anilines is 1. The number of fused-ring (bicyclic) bond motifs is 1. The van der Waals surface area contributed by atoms with E-state index in [1.165, 1.54) is 0 Å². The fourth-order valence-corrected chi connectivity index (χ4v) is 3.20. The van der Waals surface area contributed by atoms with E-state index in [1.54, 1.807) is 25.0 Å². The van der Waals surface area contributed by atoms with E-state index >= 15 is 0 Å². The second-order valence-corrected chi connectivity index (χ2v) is 7.22. The van der Waals surface area contributed by atoms with Crippen molar-refractivity contribution < 1.29 is 19.1 Å². The smallest absolute Gasteiger partial charge is 0.263 e. The van der Waals surface area contributed by atoms with Crippen LogP contribution in [0.15, 0.2) is 42.5 Å². The van der Waals surface area contributed by atoms with E-state index in [9.17, 15) is 9.59 Å². The number of rotatable bonds is 5. The predicted octanol–water partition coefficient (Wildman–Crippen LogP) is 3.39. The Hall–Kier alpha value is -3.02. The predicted molar refractivity (Wildman–Crippen MR) is 108 cm³/mol. The minimum atomic E-state index is -0.529. The van der Waals surface area contributed by atoms with Gasteiger partial charge in [-0.3, -0.25) is 9.59 Å². The SMILES string of the molecule is COc1ccc(CC(=O)Nc2ccc3c(c2)CN(C(C)C)C(=O)[C@H](C)O3)cc1. The van der Waals surface area contributed by atoms with Crippen LogP contribution < -0.4 is 14.8 Å². The molecule has 1 aliphatic rings. The van der Waals surface area contributed by atoms with Gasteiger partial charge in [0.05, 0.1) is 13.5 Å². The van der Waals surface area contributed by atoms with Gasteiger partial charge in [0.2, 0.25) is 5.91 Å². The molecule has 0 spiro atoms. The van der Waals surface area contributed by atoms with Crippen LogP contribution in [0, 0.1) is 0 Å². The summed E-state index contributed by atoms with van der Waals surface area (Å²) in [6.45, 7) is 6.18. The molecule has 1 heterocycles. The first kappa shape index (κ1) is 19.7. The van der Waals surface area contributed by atoms with Gasteiger partial charge in [0.25, 0.3) is 5.91 Å². The van der Waals surface area contributed by atoms with Gasteiger partial charge in [-0.25, -0.2) is 0 Å². The average molecular weight is 382 g/mol. The highest BCUT2D eigenvalue weighted by Gasteiger charge is 2.29. The van der Waals surface area contributed by atoms with Gasteiger partial charge in [-0.15, -0.1) is 0 Å². The Morgan fingerprint density at radius 2 is 1.96 bits per heavy atom. The summed E-state index contributed by atoms with van der Waals surface area (Å²) >= 11 is 0. The summed E-state index contributed by atoms with van der Waals surface area (Å²) in [6, 6.07) is 13.0. The minimum absolute atomic E-state index is 0.0312. The zero-order chi connectivity index (χ0) is 20.3. The standard InChI is InChI=1S/C22H26N2O4/c1-14(2)24-13-17-12-18(7-10-20(17)28-15(3)22(24)26)23-21(25)11-16-5-8-19(27-4)9-6-16/h5-10,12,14-15H,11,13H2,1-4H3,(H,23,25)/t15-/m0/s1. The van der Waals surface area contributed by atoms with E-state index in [0.717, 1.165) is 16.9 Å². The quantitative estimate of drug-likeness (QED) is 0.861. The number of benzene rings is 2. The molecule has 1 aliphatic heterocycles. The summed E-state index contributed by atoms with van der Waals surface area (Å²) in [6.07, 6.45) is -0.259. The van der Waals surface area contributed by atoms with Crippen molar-refractivity contribution in [3.63, 3.8) is 0 Å². The molecule has 0 saturated heterocycles. The van der Waals surface area contributed by atoms with Crippen molar-refractivity contribution in [2.45, 2.75) is 45.9 Å². The van der Waals surface area contributed by atoms with Crippen LogP contribution in [0.1, 0.15) is 31.9 Å². The number of carbonyl (C=O) groups excluding carboxylic acids is 2. The molecule has 0 aromatic heterocycles. The van der Waals surface area contributed by atoms with Crippen LogP contribution in [-0.2, 0) is 22.6 Å². The first-order chi connectivity index (χ1) is 13.4. The maximum absolute atomic E-state index is 12.5. The Balaban J connectivity index is 1.73. The number of amides is 2. The Morgan fingerprint density at radius 3 is 2.61 bits per heavy atom. The third-order valence-corrected chi connectivity index (χ3v) is 4.77. The van der Waals surface area contributed by atoms with E-state index in [4.69, 9.17) is 9.47 Å². The Labute approximate surface area is 165 Å². The van der Waals surface area contributed by atoms with Crippen molar-refractivity contribution in [3.8, 4) is 11.5 Å². The fraction of sp³-hybridized carbons (Fsp3) is 0.364. The van der Waals surface area contributed by atoms with Crippen LogP contribution in [0.25, 0.3) is 0 Å². The molecule has 6 heteroatoms. The molecule has 0 radical (unpaired) electrons. The molecule has 2 amide bonds. The van der Waals surface area contributed by atoms with Gasteiger partial charge in [-0.1, -0.05) is 12.1 Å². The minimum Gasteiger partial charge on any atom is -0.497 e. The Morgan fingerprint density at radius 1 is 1.25 bits per heavy atom. The van der Waals surface area contributed by atoms with E-state index in [-0.39, 0.29) is 24.3 Å². The van der Waals surface area contributed by atoms with E-state index < -0.39 is 6.10 Å². The summed E-state index contributed by atoms with van der Waals surface area (Å²) < 4.78 is 10.9. The fourth-order valence-electron chi connectivity index (χ4n) is 3.20. The number of methoxy groups -OCH3 is 1. The van der Waals surface area contributed by atoms with Gasteiger partial charge in [-0.05, 0) is 56.7 Å². The van der Waals surface area contributed by atoms with Crippen LogP contribution in [0.5, 0.6) is 11.5 Å². The highest BCUT2D eigenvalue weighted by molar-refractivity contribution is 5.92. The molecule has 2 aromatic rings. The number of carbonyl (C=O) groups is 2. The van der Waals surface area contributed by atoms with Crippen LogP contribution in [-0.4, -0.2) is 36.0 Å². The molecule has 2 aromatic carbocycles. The highest BCUT2D eigenvalue weighted by atomic mass is 16.5. The van der Waals surface area contributed by atoms with Crippen LogP contribution in [0.2, 0.25) is 0 Å². The summed E-state index contributed by atoms with van der Waals surface area (Å²) in [5.41, 5.74) is 2.47. The van der Waals surface area contributed by atoms with Gasteiger partial charge in [-0.2, -0.15) is 0 Å².